The molecule has 7 heteroatoms. The molecule has 1 aromatic heterocycles. The highest BCUT2D eigenvalue weighted by molar-refractivity contribution is 5.82. The highest BCUT2D eigenvalue weighted by atomic mass is 19.1. The van der Waals surface area contributed by atoms with Crippen molar-refractivity contribution < 1.29 is 13.9 Å². The van der Waals surface area contributed by atoms with Crippen LogP contribution in [0.1, 0.15) is 11.1 Å². The molecule has 2 rings (SSSR count). The smallest absolute Gasteiger partial charge is 0.213 e. The van der Waals surface area contributed by atoms with Gasteiger partial charge in [-0.25, -0.2) is 9.37 Å². The molecule has 0 aliphatic heterocycles. The largest absolute Gasteiger partial charge is 0.475 e. The molecule has 2 aromatic rings. The maximum atomic E-state index is 11.8. The van der Waals surface area contributed by atoms with E-state index in [0.29, 0.717) is 19.1 Å². The fourth-order valence-corrected chi connectivity index (χ4v) is 1.85. The minimum atomic E-state index is -0.490. The number of benzene rings is 1. The third-order valence-electron chi connectivity index (χ3n) is 3.14. The zero-order valence-electron chi connectivity index (χ0n) is 14.1. The van der Waals surface area contributed by atoms with Crippen LogP contribution in [0.3, 0.4) is 0 Å². The van der Waals surface area contributed by atoms with E-state index in [1.165, 1.54) is 0 Å². The summed E-state index contributed by atoms with van der Waals surface area (Å²) in [6.07, 6.45) is 4.93. The summed E-state index contributed by atoms with van der Waals surface area (Å²) < 4.78 is 22.2. The number of alkyl halides is 1. The van der Waals surface area contributed by atoms with Gasteiger partial charge in [0.1, 0.15) is 13.3 Å². The molecule has 0 saturated heterocycles. The lowest BCUT2D eigenvalue weighted by atomic mass is 10.2. The number of nitrogens with one attached hydrogen (secondary N) is 1. The maximum Gasteiger partial charge on any atom is 0.213 e. The van der Waals surface area contributed by atoms with Gasteiger partial charge < -0.3 is 14.8 Å². The molecule has 0 spiro atoms. The fraction of sp³-hybridized carbons (Fsp3) is 0.278. The Kier molecular flexibility index (Phi) is 8.07. The van der Waals surface area contributed by atoms with Gasteiger partial charge in [-0.1, -0.05) is 12.1 Å². The van der Waals surface area contributed by atoms with Gasteiger partial charge in [-0.05, 0) is 23.8 Å². The number of anilines is 1. The minimum absolute atomic E-state index is 0.0896. The Morgan fingerprint density at radius 3 is 2.36 bits per heavy atom. The van der Waals surface area contributed by atoms with E-state index in [-0.39, 0.29) is 6.61 Å². The van der Waals surface area contributed by atoms with Crippen LogP contribution in [0.25, 0.3) is 0 Å². The first-order valence-corrected chi connectivity index (χ1v) is 7.88. The average Bonchev–Trinajstić information content (AvgIpc) is 2.66. The molecule has 6 nitrogen and oxygen atoms in total. The summed E-state index contributed by atoms with van der Waals surface area (Å²) in [6, 6.07) is 11.4. The van der Waals surface area contributed by atoms with Crippen molar-refractivity contribution in [3.8, 4) is 5.88 Å². The van der Waals surface area contributed by atoms with E-state index in [0.717, 1.165) is 16.8 Å². The highest BCUT2D eigenvalue weighted by Gasteiger charge is 1.96. The summed E-state index contributed by atoms with van der Waals surface area (Å²) in [6.45, 7) is 0.262. The van der Waals surface area contributed by atoms with Gasteiger partial charge in [0.2, 0.25) is 5.88 Å². The molecule has 1 N–H and O–H groups in total. The maximum absolute atomic E-state index is 11.8. The Bertz CT molecular complexity index is 672. The third-order valence-corrected chi connectivity index (χ3v) is 3.14. The van der Waals surface area contributed by atoms with E-state index >= 15 is 0 Å². The predicted octanol–water partition coefficient (Wildman–Crippen LogP) is 2.94. The molecule has 0 atom stereocenters. The first-order chi connectivity index (χ1) is 12.3. The molecule has 0 fully saturated rings. The van der Waals surface area contributed by atoms with Gasteiger partial charge in [0.25, 0.3) is 0 Å². The number of nitrogens with zero attached hydrogens (tertiary/aromatic N) is 3. The van der Waals surface area contributed by atoms with Crippen molar-refractivity contribution in [3.63, 3.8) is 0 Å². The molecule has 0 radical (unpaired) electrons. The van der Waals surface area contributed by atoms with Crippen LogP contribution in [0, 0.1) is 0 Å². The van der Waals surface area contributed by atoms with Gasteiger partial charge in [0, 0.05) is 30.6 Å². The molecule has 0 aliphatic carbocycles. The van der Waals surface area contributed by atoms with Gasteiger partial charge in [0.05, 0.1) is 25.6 Å². The summed E-state index contributed by atoms with van der Waals surface area (Å²) in [5, 5.41) is 11.1. The van der Waals surface area contributed by atoms with Crippen LogP contribution in [0.15, 0.2) is 52.8 Å². The molecule has 0 unspecified atom stereocenters. The molecule has 0 saturated carbocycles. The third kappa shape index (κ3) is 7.09. The van der Waals surface area contributed by atoms with E-state index in [1.54, 1.807) is 24.7 Å². The van der Waals surface area contributed by atoms with Gasteiger partial charge in [-0.2, -0.15) is 10.2 Å². The van der Waals surface area contributed by atoms with E-state index in [2.05, 4.69) is 20.5 Å². The molecule has 132 valence electrons. The number of hydrogen-bond acceptors (Lipinski definition) is 6. The Morgan fingerprint density at radius 2 is 1.72 bits per heavy atom. The number of ether oxygens (including phenoxy) is 2. The van der Waals surface area contributed by atoms with Gasteiger partial charge in [-0.3, -0.25) is 0 Å². The Morgan fingerprint density at radius 1 is 1.00 bits per heavy atom. The predicted molar refractivity (Wildman–Crippen MR) is 97.7 cm³/mol. The second-order valence-electron chi connectivity index (χ2n) is 4.94. The van der Waals surface area contributed by atoms with E-state index in [4.69, 9.17) is 9.47 Å². The van der Waals surface area contributed by atoms with Crippen molar-refractivity contribution in [3.05, 3.63) is 53.7 Å². The number of pyridine rings is 1. The molecule has 1 heterocycles. The fourth-order valence-electron chi connectivity index (χ4n) is 1.85. The van der Waals surface area contributed by atoms with Crippen molar-refractivity contribution >= 4 is 18.1 Å². The van der Waals surface area contributed by atoms with E-state index < -0.39 is 6.67 Å². The molecule has 0 bridgehead atoms. The number of rotatable bonds is 10. The second kappa shape index (κ2) is 10.9. The topological polar surface area (TPSA) is 68.1 Å². The molecule has 0 aliphatic rings. The van der Waals surface area contributed by atoms with Gasteiger partial charge >= 0.3 is 0 Å². The summed E-state index contributed by atoms with van der Waals surface area (Å²) >= 11 is 0. The lowest BCUT2D eigenvalue weighted by molar-refractivity contribution is 0.0883. The normalized spacial score (nSPS) is 11.3. The lowest BCUT2D eigenvalue weighted by Crippen LogP contribution is -2.08. The van der Waals surface area contributed by atoms with Crippen LogP contribution in [0.2, 0.25) is 0 Å². The van der Waals surface area contributed by atoms with Crippen LogP contribution in [-0.4, -0.2) is 51.0 Å². The number of aromatic nitrogens is 1. The van der Waals surface area contributed by atoms with Crippen molar-refractivity contribution in [2.75, 3.05) is 38.9 Å². The summed E-state index contributed by atoms with van der Waals surface area (Å²) in [7, 11) is 1.87. The van der Waals surface area contributed by atoms with Crippen LogP contribution in [0.5, 0.6) is 5.88 Å². The van der Waals surface area contributed by atoms with Crippen molar-refractivity contribution in [1.29, 1.82) is 0 Å². The molecule has 1 aromatic carbocycles. The zero-order valence-corrected chi connectivity index (χ0v) is 14.1. The summed E-state index contributed by atoms with van der Waals surface area (Å²) in [4.78, 5) is 4.15. The van der Waals surface area contributed by atoms with Crippen LogP contribution in [-0.2, 0) is 4.74 Å². The van der Waals surface area contributed by atoms with E-state index in [1.807, 2.05) is 37.4 Å². The highest BCUT2D eigenvalue weighted by Crippen LogP contribution is 2.07. The standard InChI is InChI=1S/C18H21FN4O2/c1-20-17-5-2-15(3-6-17)13-22-23-14-16-4-7-18(21-12-16)25-11-10-24-9-8-19/h2-7,12-14,20H,8-11H2,1H3/b22-13+,23-14+. The van der Waals surface area contributed by atoms with Gasteiger partial charge in [0.15, 0.2) is 0 Å². The van der Waals surface area contributed by atoms with Crippen molar-refractivity contribution in [2.45, 2.75) is 0 Å². The van der Waals surface area contributed by atoms with Gasteiger partial charge in [-0.15, -0.1) is 0 Å². The molecule has 25 heavy (non-hydrogen) atoms. The van der Waals surface area contributed by atoms with Crippen molar-refractivity contribution in [2.24, 2.45) is 10.2 Å². The SMILES string of the molecule is CNc1ccc(/C=N/N=C/c2ccc(OCCOCCF)nc2)cc1. The Labute approximate surface area is 146 Å². The quantitative estimate of drug-likeness (QED) is 0.409. The van der Waals surface area contributed by atoms with Crippen molar-refractivity contribution in [1.82, 2.24) is 4.98 Å². The molecular formula is C18H21FN4O2. The van der Waals surface area contributed by atoms with E-state index in [9.17, 15) is 4.39 Å². The Hall–Kier alpha value is -2.80. The first kappa shape index (κ1) is 18.5. The lowest BCUT2D eigenvalue weighted by Gasteiger charge is -2.05. The van der Waals surface area contributed by atoms with Crippen LogP contribution < -0.4 is 10.1 Å². The molecule has 0 amide bonds. The van der Waals surface area contributed by atoms with Crippen LogP contribution >= 0.6 is 0 Å². The second-order valence-corrected chi connectivity index (χ2v) is 4.94. The zero-order chi connectivity index (χ0) is 17.7. The number of halogens is 1. The Balaban J connectivity index is 1.77. The summed E-state index contributed by atoms with van der Waals surface area (Å²) in [5.41, 5.74) is 2.82. The van der Waals surface area contributed by atoms with Crippen LogP contribution in [0.4, 0.5) is 10.1 Å². The summed E-state index contributed by atoms with van der Waals surface area (Å²) in [5.74, 6) is 0.481. The number of hydrogen-bond donors (Lipinski definition) is 1. The monoisotopic (exact) mass is 344 g/mol. The first-order valence-electron chi connectivity index (χ1n) is 7.88. The average molecular weight is 344 g/mol. The molecular weight excluding hydrogens is 323 g/mol. The minimum Gasteiger partial charge on any atom is -0.475 e.